The van der Waals surface area contributed by atoms with Gasteiger partial charge in [0.1, 0.15) is 5.75 Å². The van der Waals surface area contributed by atoms with E-state index in [1.807, 2.05) is 12.1 Å². The Hall–Kier alpha value is -0.730. The maximum Gasteiger partial charge on any atom is 0.137 e. The van der Waals surface area contributed by atoms with Gasteiger partial charge >= 0.3 is 0 Å². The molecule has 1 unspecified atom stereocenters. The Kier molecular flexibility index (Phi) is 3.61. The molecule has 1 aliphatic carbocycles. The van der Waals surface area contributed by atoms with Crippen LogP contribution in [0.1, 0.15) is 45.1 Å². The van der Waals surface area contributed by atoms with Gasteiger partial charge in [-0.3, -0.25) is 0 Å². The molecule has 1 N–H and O–H groups in total. The highest BCUT2D eigenvalue weighted by atomic mass is 35.5. The first-order chi connectivity index (χ1) is 8.40. The number of hydrogen-bond donors (Lipinski definition) is 1. The normalized spacial score (nSPS) is 26.9. The van der Waals surface area contributed by atoms with Gasteiger partial charge in [-0.05, 0) is 36.0 Å². The van der Waals surface area contributed by atoms with E-state index in [1.54, 1.807) is 13.2 Å². The van der Waals surface area contributed by atoms with Gasteiger partial charge in [-0.2, -0.15) is 0 Å². The van der Waals surface area contributed by atoms with Crippen LogP contribution in [0.2, 0.25) is 5.02 Å². The first kappa shape index (κ1) is 13.7. The molecule has 1 atom stereocenters. The van der Waals surface area contributed by atoms with Gasteiger partial charge in [0, 0.05) is 0 Å². The SMILES string of the molecule is COc1cc(C2(O)CCCCC2(C)C)ccc1Cl. The highest BCUT2D eigenvalue weighted by molar-refractivity contribution is 6.32. The third kappa shape index (κ3) is 2.12. The second-order valence-corrected chi connectivity index (χ2v) is 6.21. The number of benzene rings is 1. The van der Waals surface area contributed by atoms with Crippen LogP contribution >= 0.6 is 11.6 Å². The second-order valence-electron chi connectivity index (χ2n) is 5.80. The Bertz CT molecular complexity index is 442. The lowest BCUT2D eigenvalue weighted by Gasteiger charge is -2.47. The zero-order chi connectivity index (χ0) is 13.4. The number of hydrogen-bond acceptors (Lipinski definition) is 2. The highest BCUT2D eigenvalue weighted by Gasteiger charge is 2.46. The van der Waals surface area contributed by atoms with E-state index < -0.39 is 5.60 Å². The van der Waals surface area contributed by atoms with E-state index in [9.17, 15) is 5.11 Å². The molecular formula is C15H21ClO2. The van der Waals surface area contributed by atoms with Gasteiger partial charge in [0.05, 0.1) is 17.7 Å². The number of halogens is 1. The van der Waals surface area contributed by atoms with Crippen LogP contribution in [-0.4, -0.2) is 12.2 Å². The standard InChI is InChI=1S/C15H21ClO2/c1-14(2)8-4-5-9-15(14,17)11-6-7-12(16)13(10-11)18-3/h6-7,10,17H,4-5,8-9H2,1-3H3. The van der Waals surface area contributed by atoms with Gasteiger partial charge in [0.15, 0.2) is 0 Å². The van der Waals surface area contributed by atoms with Crippen molar-refractivity contribution >= 4 is 11.6 Å². The molecule has 0 amide bonds. The third-order valence-corrected chi connectivity index (χ3v) is 4.65. The molecule has 2 nitrogen and oxygen atoms in total. The molecular weight excluding hydrogens is 248 g/mol. The highest BCUT2D eigenvalue weighted by Crippen LogP contribution is 2.50. The Balaban J connectivity index is 2.46. The molecule has 1 fully saturated rings. The van der Waals surface area contributed by atoms with Crippen molar-refractivity contribution in [3.63, 3.8) is 0 Å². The first-order valence-electron chi connectivity index (χ1n) is 6.47. The molecule has 0 aromatic heterocycles. The molecule has 1 saturated carbocycles. The van der Waals surface area contributed by atoms with E-state index in [2.05, 4.69) is 13.8 Å². The number of methoxy groups -OCH3 is 1. The zero-order valence-electron chi connectivity index (χ0n) is 11.3. The van der Waals surface area contributed by atoms with Crippen LogP contribution in [0.15, 0.2) is 18.2 Å². The zero-order valence-corrected chi connectivity index (χ0v) is 12.0. The van der Waals surface area contributed by atoms with Crippen LogP contribution in [-0.2, 0) is 5.60 Å². The summed E-state index contributed by atoms with van der Waals surface area (Å²) in [4.78, 5) is 0. The fraction of sp³-hybridized carbons (Fsp3) is 0.600. The lowest BCUT2D eigenvalue weighted by molar-refractivity contribution is -0.104. The molecule has 0 bridgehead atoms. The van der Waals surface area contributed by atoms with Gasteiger partial charge in [-0.1, -0.05) is 44.4 Å². The van der Waals surface area contributed by atoms with Crippen LogP contribution in [0.3, 0.4) is 0 Å². The van der Waals surface area contributed by atoms with Crippen molar-refractivity contribution in [3.8, 4) is 5.75 Å². The molecule has 1 aromatic rings. The Labute approximate surface area is 114 Å². The van der Waals surface area contributed by atoms with Crippen molar-refractivity contribution < 1.29 is 9.84 Å². The van der Waals surface area contributed by atoms with Crippen molar-refractivity contribution in [1.82, 2.24) is 0 Å². The minimum Gasteiger partial charge on any atom is -0.495 e. The quantitative estimate of drug-likeness (QED) is 0.874. The van der Waals surface area contributed by atoms with Crippen LogP contribution < -0.4 is 4.74 Å². The largest absolute Gasteiger partial charge is 0.495 e. The summed E-state index contributed by atoms with van der Waals surface area (Å²) in [6.45, 7) is 4.26. The van der Waals surface area contributed by atoms with Gasteiger partial charge in [-0.15, -0.1) is 0 Å². The molecule has 18 heavy (non-hydrogen) atoms. The van der Waals surface area contributed by atoms with E-state index in [1.165, 1.54) is 6.42 Å². The van der Waals surface area contributed by atoms with E-state index in [-0.39, 0.29) is 5.41 Å². The van der Waals surface area contributed by atoms with Gasteiger partial charge in [-0.25, -0.2) is 0 Å². The summed E-state index contributed by atoms with van der Waals surface area (Å²) in [5.74, 6) is 0.629. The lowest BCUT2D eigenvalue weighted by Crippen LogP contribution is -2.44. The summed E-state index contributed by atoms with van der Waals surface area (Å²) in [6, 6.07) is 5.59. The minimum atomic E-state index is -0.789. The van der Waals surface area contributed by atoms with E-state index in [0.717, 1.165) is 24.8 Å². The molecule has 1 aliphatic rings. The minimum absolute atomic E-state index is 0.121. The topological polar surface area (TPSA) is 29.5 Å². The predicted molar refractivity (Wildman–Crippen MR) is 74.1 cm³/mol. The number of rotatable bonds is 2. The van der Waals surface area contributed by atoms with Crippen molar-refractivity contribution in [2.45, 2.75) is 45.1 Å². The molecule has 0 radical (unpaired) electrons. The molecule has 3 heteroatoms. The van der Waals surface area contributed by atoms with Crippen molar-refractivity contribution in [2.75, 3.05) is 7.11 Å². The number of ether oxygens (including phenoxy) is 1. The Morgan fingerprint density at radius 3 is 2.50 bits per heavy atom. The summed E-state index contributed by atoms with van der Waals surface area (Å²) >= 11 is 6.05. The second kappa shape index (κ2) is 4.75. The van der Waals surface area contributed by atoms with E-state index in [4.69, 9.17) is 16.3 Å². The summed E-state index contributed by atoms with van der Waals surface area (Å²) in [5, 5.41) is 11.7. The first-order valence-corrected chi connectivity index (χ1v) is 6.85. The number of aliphatic hydroxyl groups is 1. The lowest BCUT2D eigenvalue weighted by atomic mass is 9.62. The summed E-state index contributed by atoms with van der Waals surface area (Å²) in [5.41, 5.74) is 0.00109. The van der Waals surface area contributed by atoms with Crippen LogP contribution in [0.4, 0.5) is 0 Å². The molecule has 0 aliphatic heterocycles. The average molecular weight is 269 g/mol. The Morgan fingerprint density at radius 1 is 1.22 bits per heavy atom. The predicted octanol–water partition coefficient (Wildman–Crippen LogP) is 4.14. The van der Waals surface area contributed by atoms with E-state index in [0.29, 0.717) is 10.8 Å². The summed E-state index contributed by atoms with van der Waals surface area (Å²) in [6.07, 6.45) is 4.07. The fourth-order valence-corrected chi connectivity index (χ4v) is 3.14. The van der Waals surface area contributed by atoms with E-state index >= 15 is 0 Å². The molecule has 2 rings (SSSR count). The van der Waals surface area contributed by atoms with Gasteiger partial charge in [0.25, 0.3) is 0 Å². The van der Waals surface area contributed by atoms with Crippen molar-refractivity contribution in [3.05, 3.63) is 28.8 Å². The average Bonchev–Trinajstić information content (AvgIpc) is 2.33. The molecule has 0 spiro atoms. The van der Waals surface area contributed by atoms with Crippen LogP contribution in [0, 0.1) is 5.41 Å². The molecule has 0 heterocycles. The third-order valence-electron chi connectivity index (χ3n) is 4.34. The monoisotopic (exact) mass is 268 g/mol. The van der Waals surface area contributed by atoms with Crippen molar-refractivity contribution in [1.29, 1.82) is 0 Å². The molecule has 1 aromatic carbocycles. The fourth-order valence-electron chi connectivity index (χ4n) is 2.95. The molecule has 0 saturated heterocycles. The summed E-state index contributed by atoms with van der Waals surface area (Å²) in [7, 11) is 1.60. The van der Waals surface area contributed by atoms with Crippen molar-refractivity contribution in [2.24, 2.45) is 5.41 Å². The van der Waals surface area contributed by atoms with Gasteiger partial charge in [0.2, 0.25) is 0 Å². The van der Waals surface area contributed by atoms with Gasteiger partial charge < -0.3 is 9.84 Å². The van der Waals surface area contributed by atoms with Crippen LogP contribution in [0.5, 0.6) is 5.75 Å². The maximum absolute atomic E-state index is 11.1. The maximum atomic E-state index is 11.1. The van der Waals surface area contributed by atoms with Crippen LogP contribution in [0.25, 0.3) is 0 Å². The Morgan fingerprint density at radius 2 is 1.89 bits per heavy atom. The molecule has 100 valence electrons. The summed E-state index contributed by atoms with van der Waals surface area (Å²) < 4.78 is 5.25. The smallest absolute Gasteiger partial charge is 0.137 e.